The molecule has 1 aromatic carbocycles. The van der Waals surface area contributed by atoms with Gasteiger partial charge in [0.15, 0.2) is 0 Å². The van der Waals surface area contributed by atoms with Gasteiger partial charge >= 0.3 is 0 Å². The van der Waals surface area contributed by atoms with E-state index >= 15 is 0 Å². The Balaban J connectivity index is 2.20. The van der Waals surface area contributed by atoms with Gasteiger partial charge in [0, 0.05) is 0 Å². The zero-order valence-corrected chi connectivity index (χ0v) is 6.70. The molecular formula is C9H7FN2O. The van der Waals surface area contributed by atoms with Gasteiger partial charge in [-0.3, -0.25) is 5.10 Å². The van der Waals surface area contributed by atoms with Gasteiger partial charge < -0.3 is 4.74 Å². The van der Waals surface area contributed by atoms with Gasteiger partial charge in [-0.2, -0.15) is 4.39 Å². The molecule has 66 valence electrons. The minimum atomic E-state index is -0.496. The molecule has 0 radical (unpaired) electrons. The van der Waals surface area contributed by atoms with Crippen molar-refractivity contribution < 1.29 is 9.13 Å². The predicted molar refractivity (Wildman–Crippen MR) is 45.1 cm³/mol. The molecule has 0 amide bonds. The van der Waals surface area contributed by atoms with E-state index in [2.05, 4.69) is 10.2 Å². The summed E-state index contributed by atoms with van der Waals surface area (Å²) in [5.41, 5.74) is 0. The lowest BCUT2D eigenvalue weighted by Gasteiger charge is -1.99. The van der Waals surface area contributed by atoms with E-state index in [1.165, 1.54) is 0 Å². The van der Waals surface area contributed by atoms with Gasteiger partial charge in [-0.25, -0.2) is 0 Å². The highest BCUT2D eigenvalue weighted by atomic mass is 19.1. The smallest absolute Gasteiger partial charge is 0.274 e. The minimum absolute atomic E-state index is 0.0359. The molecular weight excluding hydrogens is 171 g/mol. The van der Waals surface area contributed by atoms with Crippen LogP contribution in [-0.2, 0) is 0 Å². The largest absolute Gasteiger partial charge is 0.435 e. The molecule has 2 aromatic rings. The second kappa shape index (κ2) is 3.26. The molecule has 0 saturated heterocycles. The molecule has 0 bridgehead atoms. The monoisotopic (exact) mass is 178 g/mol. The summed E-state index contributed by atoms with van der Waals surface area (Å²) in [6.45, 7) is 0. The molecule has 0 aliphatic rings. The van der Waals surface area contributed by atoms with Crippen LogP contribution in [0.1, 0.15) is 0 Å². The first-order chi connectivity index (χ1) is 6.36. The summed E-state index contributed by atoms with van der Waals surface area (Å²) >= 11 is 0. The highest BCUT2D eigenvalue weighted by molar-refractivity contribution is 5.26. The Morgan fingerprint density at radius 3 is 2.62 bits per heavy atom. The van der Waals surface area contributed by atoms with E-state index < -0.39 is 5.82 Å². The molecule has 1 heterocycles. The van der Waals surface area contributed by atoms with Crippen molar-refractivity contribution in [2.24, 2.45) is 0 Å². The maximum Gasteiger partial charge on any atom is 0.274 e. The van der Waals surface area contributed by atoms with Crippen LogP contribution in [0.5, 0.6) is 11.6 Å². The molecule has 2 rings (SSSR count). The summed E-state index contributed by atoms with van der Waals surface area (Å²) in [6.07, 6.45) is 1.14. The van der Waals surface area contributed by atoms with Crippen molar-refractivity contribution in [1.82, 2.24) is 10.2 Å². The van der Waals surface area contributed by atoms with Crippen LogP contribution in [0, 0.1) is 5.82 Å². The Kier molecular flexibility index (Phi) is 1.96. The maximum absolute atomic E-state index is 12.8. The van der Waals surface area contributed by atoms with E-state index in [1.54, 1.807) is 24.3 Å². The number of H-pyrrole nitrogens is 1. The standard InChI is InChI=1S/C9H7FN2O/c10-8-6-11-12-9(8)13-7-4-2-1-3-5-7/h1-6H,(H,11,12). The number of ether oxygens (including phenoxy) is 1. The van der Waals surface area contributed by atoms with Crippen LogP contribution >= 0.6 is 0 Å². The van der Waals surface area contributed by atoms with Crippen molar-refractivity contribution in [3.05, 3.63) is 42.3 Å². The van der Waals surface area contributed by atoms with Gasteiger partial charge in [0.05, 0.1) is 6.20 Å². The molecule has 1 N–H and O–H groups in total. The molecule has 1 aromatic heterocycles. The highest BCUT2D eigenvalue weighted by Crippen LogP contribution is 2.20. The van der Waals surface area contributed by atoms with Crippen molar-refractivity contribution in [2.75, 3.05) is 0 Å². The molecule has 0 aliphatic carbocycles. The number of para-hydroxylation sites is 1. The van der Waals surface area contributed by atoms with Gasteiger partial charge in [0.25, 0.3) is 5.88 Å². The molecule has 0 fully saturated rings. The summed E-state index contributed by atoms with van der Waals surface area (Å²) in [4.78, 5) is 0. The Labute approximate surface area is 74.2 Å². The lowest BCUT2D eigenvalue weighted by atomic mass is 10.3. The maximum atomic E-state index is 12.8. The fraction of sp³-hybridized carbons (Fsp3) is 0. The number of aromatic amines is 1. The summed E-state index contributed by atoms with van der Waals surface area (Å²) in [6, 6.07) is 8.93. The summed E-state index contributed by atoms with van der Waals surface area (Å²) in [5.74, 6) is 0.0311. The molecule has 0 saturated carbocycles. The average Bonchev–Trinajstić information content (AvgIpc) is 2.54. The van der Waals surface area contributed by atoms with Crippen LogP contribution in [-0.4, -0.2) is 10.2 Å². The number of aromatic nitrogens is 2. The number of benzene rings is 1. The van der Waals surface area contributed by atoms with E-state index in [9.17, 15) is 4.39 Å². The minimum Gasteiger partial charge on any atom is -0.435 e. The fourth-order valence-corrected chi connectivity index (χ4v) is 0.934. The second-order valence-corrected chi connectivity index (χ2v) is 2.45. The van der Waals surface area contributed by atoms with Crippen LogP contribution in [0.2, 0.25) is 0 Å². The number of hydrogen-bond acceptors (Lipinski definition) is 2. The molecule has 4 heteroatoms. The van der Waals surface area contributed by atoms with E-state index in [0.29, 0.717) is 5.75 Å². The van der Waals surface area contributed by atoms with Crippen LogP contribution in [0.4, 0.5) is 4.39 Å². The Bertz CT molecular complexity index is 386. The lowest BCUT2D eigenvalue weighted by Crippen LogP contribution is -1.85. The number of nitrogens with one attached hydrogen (secondary N) is 1. The van der Waals surface area contributed by atoms with Crippen molar-refractivity contribution in [1.29, 1.82) is 0 Å². The number of nitrogens with zero attached hydrogens (tertiary/aromatic N) is 1. The third-order valence-corrected chi connectivity index (χ3v) is 1.52. The zero-order valence-electron chi connectivity index (χ0n) is 6.70. The number of rotatable bonds is 2. The first-order valence-corrected chi connectivity index (χ1v) is 3.78. The summed E-state index contributed by atoms with van der Waals surface area (Å²) in [5, 5.41) is 5.96. The third kappa shape index (κ3) is 1.66. The predicted octanol–water partition coefficient (Wildman–Crippen LogP) is 2.34. The number of halogens is 1. The topological polar surface area (TPSA) is 37.9 Å². The molecule has 3 nitrogen and oxygen atoms in total. The van der Waals surface area contributed by atoms with Gasteiger partial charge in [0.2, 0.25) is 5.82 Å². The Hall–Kier alpha value is -1.84. The average molecular weight is 178 g/mol. The molecule has 13 heavy (non-hydrogen) atoms. The van der Waals surface area contributed by atoms with Crippen molar-refractivity contribution >= 4 is 0 Å². The van der Waals surface area contributed by atoms with E-state index in [0.717, 1.165) is 6.20 Å². The van der Waals surface area contributed by atoms with E-state index in [4.69, 9.17) is 4.74 Å². The van der Waals surface area contributed by atoms with E-state index in [-0.39, 0.29) is 5.88 Å². The van der Waals surface area contributed by atoms with Gasteiger partial charge in [0.1, 0.15) is 5.75 Å². The fourth-order valence-electron chi connectivity index (χ4n) is 0.934. The normalized spacial score (nSPS) is 9.92. The van der Waals surface area contributed by atoms with Gasteiger partial charge in [-0.05, 0) is 12.1 Å². The van der Waals surface area contributed by atoms with E-state index in [1.807, 2.05) is 6.07 Å². The van der Waals surface area contributed by atoms with Crippen molar-refractivity contribution in [3.63, 3.8) is 0 Å². The quantitative estimate of drug-likeness (QED) is 0.766. The molecule has 0 atom stereocenters. The molecule has 0 spiro atoms. The second-order valence-electron chi connectivity index (χ2n) is 2.45. The van der Waals surface area contributed by atoms with Crippen molar-refractivity contribution in [2.45, 2.75) is 0 Å². The Morgan fingerprint density at radius 2 is 2.00 bits per heavy atom. The van der Waals surface area contributed by atoms with Gasteiger partial charge in [-0.1, -0.05) is 18.2 Å². The lowest BCUT2D eigenvalue weighted by molar-refractivity contribution is 0.428. The van der Waals surface area contributed by atoms with Crippen LogP contribution < -0.4 is 4.74 Å². The van der Waals surface area contributed by atoms with Crippen molar-refractivity contribution in [3.8, 4) is 11.6 Å². The van der Waals surface area contributed by atoms with Crippen LogP contribution in [0.15, 0.2) is 36.5 Å². The zero-order chi connectivity index (χ0) is 9.10. The van der Waals surface area contributed by atoms with Crippen LogP contribution in [0.25, 0.3) is 0 Å². The highest BCUT2D eigenvalue weighted by Gasteiger charge is 2.05. The van der Waals surface area contributed by atoms with Gasteiger partial charge in [-0.15, -0.1) is 5.10 Å². The third-order valence-electron chi connectivity index (χ3n) is 1.52. The first kappa shape index (κ1) is 7.79. The summed E-state index contributed by atoms with van der Waals surface area (Å²) < 4.78 is 17.9. The van der Waals surface area contributed by atoms with Crippen LogP contribution in [0.3, 0.4) is 0 Å². The number of hydrogen-bond donors (Lipinski definition) is 1. The Morgan fingerprint density at radius 1 is 1.23 bits per heavy atom. The SMILES string of the molecule is Fc1c[nH]nc1Oc1ccccc1. The summed E-state index contributed by atoms with van der Waals surface area (Å²) in [7, 11) is 0. The molecule has 0 aliphatic heterocycles. The first-order valence-electron chi connectivity index (χ1n) is 3.78. The molecule has 0 unspecified atom stereocenters.